The average Bonchev–Trinajstić information content (AvgIpc) is 2.36. The van der Waals surface area contributed by atoms with Crippen molar-refractivity contribution in [1.29, 1.82) is 0 Å². The Morgan fingerprint density at radius 1 is 0.941 bits per heavy atom. The largest absolute Gasteiger partial charge is 0.0654 e. The third-order valence-corrected chi connectivity index (χ3v) is 3.68. The molecule has 0 heterocycles. The van der Waals surface area contributed by atoms with Crippen LogP contribution in [0.3, 0.4) is 0 Å². The molecule has 2 atom stereocenters. The molecule has 0 spiro atoms. The second-order valence-electron chi connectivity index (χ2n) is 5.50. The number of rotatable bonds is 8. The van der Waals surface area contributed by atoms with Gasteiger partial charge in [-0.1, -0.05) is 83.2 Å². The van der Waals surface area contributed by atoms with Gasteiger partial charge in [0.2, 0.25) is 0 Å². The topological polar surface area (TPSA) is 0 Å². The molecule has 0 N–H and O–H groups in total. The summed E-state index contributed by atoms with van der Waals surface area (Å²) in [7, 11) is 0. The maximum Gasteiger partial charge on any atom is -0.0188 e. The lowest BCUT2D eigenvalue weighted by Crippen LogP contribution is -2.02. The fourth-order valence-corrected chi connectivity index (χ4v) is 2.56. The van der Waals surface area contributed by atoms with Crippen LogP contribution in [0.2, 0.25) is 0 Å². The Balaban J connectivity index is 2.24. The van der Waals surface area contributed by atoms with E-state index in [1.807, 2.05) is 0 Å². The fraction of sp³-hybridized carbons (Fsp3) is 0.647. The average molecular weight is 232 g/mol. The maximum atomic E-state index is 2.41. The van der Waals surface area contributed by atoms with Crippen molar-refractivity contribution < 1.29 is 0 Å². The third-order valence-electron chi connectivity index (χ3n) is 3.68. The summed E-state index contributed by atoms with van der Waals surface area (Å²) in [6.07, 6.45) is 8.31. The van der Waals surface area contributed by atoms with Crippen LogP contribution >= 0.6 is 0 Å². The summed E-state index contributed by atoms with van der Waals surface area (Å²) in [5.41, 5.74) is 1.49. The number of hydrogen-bond donors (Lipinski definition) is 0. The summed E-state index contributed by atoms with van der Waals surface area (Å²) in [6.45, 7) is 7.05. The van der Waals surface area contributed by atoms with E-state index in [0.717, 1.165) is 5.92 Å². The Hall–Kier alpha value is -0.780. The van der Waals surface area contributed by atoms with Crippen molar-refractivity contribution in [3.05, 3.63) is 35.9 Å². The van der Waals surface area contributed by atoms with Crippen LogP contribution < -0.4 is 0 Å². The zero-order chi connectivity index (χ0) is 12.5. The SMILES string of the molecule is CCCCCCC(C)CC(C)c1ccccc1. The Kier molecular flexibility index (Phi) is 7.00. The molecule has 17 heavy (non-hydrogen) atoms. The molecule has 0 saturated heterocycles. The van der Waals surface area contributed by atoms with Crippen molar-refractivity contribution >= 4 is 0 Å². The van der Waals surface area contributed by atoms with Gasteiger partial charge >= 0.3 is 0 Å². The van der Waals surface area contributed by atoms with E-state index in [-0.39, 0.29) is 0 Å². The first-order chi connectivity index (χ1) is 8.24. The molecular weight excluding hydrogens is 204 g/mol. The number of unbranched alkanes of at least 4 members (excludes halogenated alkanes) is 3. The van der Waals surface area contributed by atoms with Crippen LogP contribution in [0.5, 0.6) is 0 Å². The van der Waals surface area contributed by atoms with Crippen molar-refractivity contribution in [3.63, 3.8) is 0 Å². The van der Waals surface area contributed by atoms with Gasteiger partial charge in [0.25, 0.3) is 0 Å². The normalized spacial score (nSPS) is 14.5. The van der Waals surface area contributed by atoms with E-state index >= 15 is 0 Å². The van der Waals surface area contributed by atoms with Gasteiger partial charge in [0, 0.05) is 0 Å². The number of benzene rings is 1. The van der Waals surface area contributed by atoms with Gasteiger partial charge in [0.15, 0.2) is 0 Å². The Morgan fingerprint density at radius 2 is 1.65 bits per heavy atom. The van der Waals surface area contributed by atoms with Gasteiger partial charge in [-0.3, -0.25) is 0 Å². The summed E-state index contributed by atoms with van der Waals surface area (Å²) in [5.74, 6) is 1.57. The van der Waals surface area contributed by atoms with Crippen LogP contribution in [0, 0.1) is 5.92 Å². The first-order valence-electron chi connectivity index (χ1n) is 7.29. The van der Waals surface area contributed by atoms with E-state index in [2.05, 4.69) is 51.1 Å². The molecule has 0 amide bonds. The molecule has 0 aliphatic carbocycles. The van der Waals surface area contributed by atoms with E-state index in [1.54, 1.807) is 0 Å². The minimum Gasteiger partial charge on any atom is -0.0654 e. The maximum absolute atomic E-state index is 2.41. The van der Waals surface area contributed by atoms with Crippen LogP contribution in [-0.4, -0.2) is 0 Å². The van der Waals surface area contributed by atoms with Gasteiger partial charge in [-0.05, 0) is 23.8 Å². The van der Waals surface area contributed by atoms with Crippen LogP contribution in [0.4, 0.5) is 0 Å². The van der Waals surface area contributed by atoms with Gasteiger partial charge in [-0.2, -0.15) is 0 Å². The number of hydrogen-bond acceptors (Lipinski definition) is 0. The predicted molar refractivity (Wildman–Crippen MR) is 77.4 cm³/mol. The molecule has 0 nitrogen and oxygen atoms in total. The third kappa shape index (κ3) is 5.91. The Labute approximate surface area is 107 Å². The standard InChI is InChI=1S/C17H28/c1-4-5-6-8-11-15(2)14-16(3)17-12-9-7-10-13-17/h7,9-10,12-13,15-16H,4-6,8,11,14H2,1-3H3. The highest BCUT2D eigenvalue weighted by molar-refractivity contribution is 5.18. The lowest BCUT2D eigenvalue weighted by Gasteiger charge is -2.17. The highest BCUT2D eigenvalue weighted by Crippen LogP contribution is 2.25. The molecular formula is C17H28. The second kappa shape index (κ2) is 8.33. The molecule has 0 aromatic heterocycles. The molecule has 0 bridgehead atoms. The Morgan fingerprint density at radius 3 is 2.29 bits per heavy atom. The molecule has 0 saturated carbocycles. The minimum absolute atomic E-state index is 0.706. The van der Waals surface area contributed by atoms with Crippen LogP contribution in [0.15, 0.2) is 30.3 Å². The molecule has 1 rings (SSSR count). The highest BCUT2D eigenvalue weighted by Gasteiger charge is 2.10. The van der Waals surface area contributed by atoms with Gasteiger partial charge in [0.1, 0.15) is 0 Å². The van der Waals surface area contributed by atoms with E-state index < -0.39 is 0 Å². The zero-order valence-electron chi connectivity index (χ0n) is 11.8. The van der Waals surface area contributed by atoms with Gasteiger partial charge < -0.3 is 0 Å². The molecule has 1 aromatic carbocycles. The van der Waals surface area contributed by atoms with Crippen LogP contribution in [0.25, 0.3) is 0 Å². The predicted octanol–water partition coefficient (Wildman–Crippen LogP) is 5.79. The molecule has 1 aromatic rings. The fourth-order valence-electron chi connectivity index (χ4n) is 2.56. The molecule has 0 radical (unpaired) electrons. The lowest BCUT2D eigenvalue weighted by molar-refractivity contribution is 0.430. The molecule has 2 unspecified atom stereocenters. The summed E-state index contributed by atoms with van der Waals surface area (Å²) in [4.78, 5) is 0. The van der Waals surface area contributed by atoms with Crippen molar-refractivity contribution in [2.75, 3.05) is 0 Å². The van der Waals surface area contributed by atoms with E-state index in [0.29, 0.717) is 5.92 Å². The van der Waals surface area contributed by atoms with E-state index in [9.17, 15) is 0 Å². The van der Waals surface area contributed by atoms with Crippen LogP contribution in [-0.2, 0) is 0 Å². The molecule has 0 aliphatic rings. The zero-order valence-corrected chi connectivity index (χ0v) is 11.8. The monoisotopic (exact) mass is 232 g/mol. The summed E-state index contributed by atoms with van der Waals surface area (Å²) in [6, 6.07) is 10.9. The molecule has 0 heteroatoms. The van der Waals surface area contributed by atoms with Gasteiger partial charge in [0.05, 0.1) is 0 Å². The van der Waals surface area contributed by atoms with Crippen molar-refractivity contribution in [2.45, 2.75) is 65.2 Å². The molecule has 96 valence electrons. The smallest absolute Gasteiger partial charge is 0.0188 e. The van der Waals surface area contributed by atoms with Gasteiger partial charge in [-0.25, -0.2) is 0 Å². The van der Waals surface area contributed by atoms with Crippen LogP contribution in [0.1, 0.15) is 70.8 Å². The molecule has 0 fully saturated rings. The lowest BCUT2D eigenvalue weighted by atomic mass is 9.88. The summed E-state index contributed by atoms with van der Waals surface area (Å²) < 4.78 is 0. The first-order valence-corrected chi connectivity index (χ1v) is 7.29. The van der Waals surface area contributed by atoms with Crippen molar-refractivity contribution in [2.24, 2.45) is 5.92 Å². The Bertz CT molecular complexity index is 275. The first kappa shape index (κ1) is 14.3. The molecule has 0 aliphatic heterocycles. The summed E-state index contributed by atoms with van der Waals surface area (Å²) >= 11 is 0. The minimum atomic E-state index is 0.706. The highest BCUT2D eigenvalue weighted by atomic mass is 14.1. The van der Waals surface area contributed by atoms with Gasteiger partial charge in [-0.15, -0.1) is 0 Å². The second-order valence-corrected chi connectivity index (χ2v) is 5.50. The van der Waals surface area contributed by atoms with Crippen molar-refractivity contribution in [1.82, 2.24) is 0 Å². The van der Waals surface area contributed by atoms with E-state index in [1.165, 1.54) is 44.1 Å². The van der Waals surface area contributed by atoms with Crippen molar-refractivity contribution in [3.8, 4) is 0 Å². The van der Waals surface area contributed by atoms with E-state index in [4.69, 9.17) is 0 Å². The summed E-state index contributed by atoms with van der Waals surface area (Å²) in [5, 5.41) is 0. The quantitative estimate of drug-likeness (QED) is 0.498.